The Labute approximate surface area is 118 Å². The molecule has 4 nitrogen and oxygen atoms in total. The Kier molecular flexibility index (Phi) is 4.49. The molecule has 0 aromatic carbocycles. The summed E-state index contributed by atoms with van der Waals surface area (Å²) in [6, 6.07) is 1.43. The first kappa shape index (κ1) is 13.8. The molecule has 1 aliphatic heterocycles. The van der Waals surface area contributed by atoms with Gasteiger partial charge in [-0.3, -0.25) is 0 Å². The largest absolute Gasteiger partial charge is 0.315 e. The Hall–Kier alpha value is 0.340. The van der Waals surface area contributed by atoms with Crippen molar-refractivity contribution in [3.8, 4) is 0 Å². The molecular formula is C9H12BrClN2O2S2. The maximum absolute atomic E-state index is 12.1. The van der Waals surface area contributed by atoms with E-state index in [1.807, 2.05) is 0 Å². The summed E-state index contributed by atoms with van der Waals surface area (Å²) >= 11 is 10.2. The summed E-state index contributed by atoms with van der Waals surface area (Å²) in [5.41, 5.74) is 0. The predicted octanol–water partition coefficient (Wildman–Crippen LogP) is 2.19. The number of piperidine rings is 1. The van der Waals surface area contributed by atoms with E-state index >= 15 is 0 Å². The molecule has 0 amide bonds. The van der Waals surface area contributed by atoms with E-state index in [4.69, 9.17) is 11.6 Å². The van der Waals surface area contributed by atoms with Crippen LogP contribution in [0, 0.1) is 0 Å². The molecule has 96 valence electrons. The molecule has 0 bridgehead atoms. The average molecular weight is 360 g/mol. The van der Waals surface area contributed by atoms with E-state index < -0.39 is 10.0 Å². The van der Waals surface area contributed by atoms with Crippen molar-refractivity contribution < 1.29 is 8.42 Å². The molecule has 1 atom stereocenters. The molecule has 0 aliphatic carbocycles. The fourth-order valence-electron chi connectivity index (χ4n) is 1.69. The van der Waals surface area contributed by atoms with Crippen molar-refractivity contribution in [3.05, 3.63) is 14.9 Å². The van der Waals surface area contributed by atoms with Gasteiger partial charge in [0.05, 0.1) is 8.81 Å². The summed E-state index contributed by atoms with van der Waals surface area (Å²) in [6.45, 7) is 1.63. The topological polar surface area (TPSA) is 58.2 Å². The number of nitrogens with one attached hydrogen (secondary N) is 2. The second-order valence-electron chi connectivity index (χ2n) is 3.85. The zero-order valence-electron chi connectivity index (χ0n) is 8.87. The lowest BCUT2D eigenvalue weighted by Crippen LogP contribution is -2.45. The number of sulfonamides is 1. The molecule has 1 fully saturated rings. The van der Waals surface area contributed by atoms with Crippen LogP contribution in [-0.2, 0) is 10.0 Å². The molecule has 2 rings (SSSR count). The van der Waals surface area contributed by atoms with Crippen LogP contribution in [0.5, 0.6) is 0 Å². The Morgan fingerprint density at radius 2 is 2.35 bits per heavy atom. The van der Waals surface area contributed by atoms with E-state index in [1.165, 1.54) is 6.07 Å². The van der Waals surface area contributed by atoms with Gasteiger partial charge in [0.15, 0.2) is 0 Å². The zero-order chi connectivity index (χ0) is 12.5. The van der Waals surface area contributed by atoms with Crippen LogP contribution in [0.3, 0.4) is 0 Å². The Morgan fingerprint density at radius 3 is 2.88 bits per heavy atom. The Balaban J connectivity index is 2.12. The molecule has 0 radical (unpaired) electrons. The molecule has 1 saturated heterocycles. The maximum atomic E-state index is 12.1. The van der Waals surface area contributed by atoms with Crippen LogP contribution >= 0.6 is 38.9 Å². The van der Waals surface area contributed by atoms with Crippen molar-refractivity contribution in [2.45, 2.75) is 23.1 Å². The third-order valence-corrected chi connectivity index (χ3v) is 6.97. The minimum Gasteiger partial charge on any atom is -0.315 e. The molecule has 1 aromatic rings. The van der Waals surface area contributed by atoms with Gasteiger partial charge in [0.1, 0.15) is 4.21 Å². The summed E-state index contributed by atoms with van der Waals surface area (Å²) in [5, 5.41) is 3.59. The molecule has 1 aromatic heterocycles. The van der Waals surface area contributed by atoms with Crippen molar-refractivity contribution in [1.29, 1.82) is 0 Å². The van der Waals surface area contributed by atoms with E-state index in [0.717, 1.165) is 30.7 Å². The molecule has 17 heavy (non-hydrogen) atoms. The van der Waals surface area contributed by atoms with E-state index in [1.54, 1.807) is 0 Å². The highest BCUT2D eigenvalue weighted by molar-refractivity contribution is 9.11. The van der Waals surface area contributed by atoms with Gasteiger partial charge in [0.2, 0.25) is 10.0 Å². The van der Waals surface area contributed by atoms with Gasteiger partial charge in [-0.2, -0.15) is 0 Å². The molecule has 8 heteroatoms. The molecular weight excluding hydrogens is 348 g/mol. The zero-order valence-corrected chi connectivity index (χ0v) is 12.8. The normalized spacial score (nSPS) is 21.6. The Morgan fingerprint density at radius 1 is 1.59 bits per heavy atom. The lowest BCUT2D eigenvalue weighted by Gasteiger charge is -2.23. The molecule has 2 heterocycles. The minimum absolute atomic E-state index is 0.0339. The molecule has 0 unspecified atom stereocenters. The van der Waals surface area contributed by atoms with Gasteiger partial charge in [-0.1, -0.05) is 11.6 Å². The number of thiophene rings is 1. The van der Waals surface area contributed by atoms with E-state index in [9.17, 15) is 8.42 Å². The molecule has 1 aliphatic rings. The molecule has 2 N–H and O–H groups in total. The number of hydrogen-bond acceptors (Lipinski definition) is 4. The molecule has 0 spiro atoms. The van der Waals surface area contributed by atoms with Gasteiger partial charge in [0.25, 0.3) is 0 Å². The second-order valence-corrected chi connectivity index (χ2v) is 8.57. The van der Waals surface area contributed by atoms with Crippen LogP contribution in [0.2, 0.25) is 5.02 Å². The van der Waals surface area contributed by atoms with Crippen molar-refractivity contribution in [2.24, 2.45) is 0 Å². The number of rotatable bonds is 3. The number of hydrogen-bond donors (Lipinski definition) is 2. The summed E-state index contributed by atoms with van der Waals surface area (Å²) in [4.78, 5) is 0. The highest BCUT2D eigenvalue weighted by atomic mass is 79.9. The highest BCUT2D eigenvalue weighted by Crippen LogP contribution is 2.34. The second kappa shape index (κ2) is 5.54. The van der Waals surface area contributed by atoms with Gasteiger partial charge in [-0.15, -0.1) is 11.3 Å². The van der Waals surface area contributed by atoms with Gasteiger partial charge >= 0.3 is 0 Å². The maximum Gasteiger partial charge on any atom is 0.250 e. The summed E-state index contributed by atoms with van der Waals surface area (Å²) < 4.78 is 27.7. The van der Waals surface area contributed by atoms with Crippen LogP contribution in [0.25, 0.3) is 0 Å². The first-order valence-corrected chi connectivity index (χ1v) is 8.64. The highest BCUT2D eigenvalue weighted by Gasteiger charge is 2.24. The smallest absolute Gasteiger partial charge is 0.250 e. The van der Waals surface area contributed by atoms with Crippen LogP contribution in [0.4, 0.5) is 0 Å². The quantitative estimate of drug-likeness (QED) is 0.870. The van der Waals surface area contributed by atoms with E-state index in [0.29, 0.717) is 15.4 Å². The summed E-state index contributed by atoms with van der Waals surface area (Å²) in [5.74, 6) is 0. The average Bonchev–Trinajstić information content (AvgIpc) is 2.61. The van der Waals surface area contributed by atoms with Gasteiger partial charge in [-0.25, -0.2) is 13.1 Å². The summed E-state index contributed by atoms with van der Waals surface area (Å²) in [6.07, 6.45) is 1.86. The summed E-state index contributed by atoms with van der Waals surface area (Å²) in [7, 11) is -3.45. The van der Waals surface area contributed by atoms with Gasteiger partial charge in [-0.05, 0) is 41.4 Å². The third kappa shape index (κ3) is 3.42. The lowest BCUT2D eigenvalue weighted by molar-refractivity contribution is 0.429. The van der Waals surface area contributed by atoms with Crippen molar-refractivity contribution in [3.63, 3.8) is 0 Å². The van der Waals surface area contributed by atoms with Gasteiger partial charge < -0.3 is 5.32 Å². The van der Waals surface area contributed by atoms with Crippen LogP contribution in [-0.4, -0.2) is 27.5 Å². The van der Waals surface area contributed by atoms with Crippen molar-refractivity contribution >= 4 is 48.9 Å². The lowest BCUT2D eigenvalue weighted by atomic mass is 10.1. The predicted molar refractivity (Wildman–Crippen MR) is 73.2 cm³/mol. The van der Waals surface area contributed by atoms with Crippen LogP contribution in [0.1, 0.15) is 12.8 Å². The van der Waals surface area contributed by atoms with Gasteiger partial charge in [0, 0.05) is 12.6 Å². The fourth-order valence-corrected chi connectivity index (χ4v) is 5.37. The molecule has 0 saturated carbocycles. The SMILES string of the molecule is O=S(=O)(N[C@@H]1CCCNC1)c1cc(Cl)c(Br)s1. The number of halogens is 2. The first-order chi connectivity index (χ1) is 7.99. The Bertz CT molecular complexity index is 478. The minimum atomic E-state index is -3.45. The standard InChI is InChI=1S/C9H12BrClN2O2S2/c10-9-7(11)4-8(16-9)17(14,15)13-6-2-1-3-12-5-6/h4,6,12-13H,1-3,5H2/t6-/m1/s1. The first-order valence-electron chi connectivity index (χ1n) is 5.17. The van der Waals surface area contributed by atoms with Crippen LogP contribution in [0.15, 0.2) is 14.1 Å². The van der Waals surface area contributed by atoms with E-state index in [2.05, 4.69) is 26.0 Å². The fraction of sp³-hybridized carbons (Fsp3) is 0.556. The third-order valence-electron chi connectivity index (χ3n) is 2.51. The van der Waals surface area contributed by atoms with E-state index in [-0.39, 0.29) is 10.3 Å². The van der Waals surface area contributed by atoms with Crippen molar-refractivity contribution in [2.75, 3.05) is 13.1 Å². The van der Waals surface area contributed by atoms with Crippen LogP contribution < -0.4 is 10.0 Å². The monoisotopic (exact) mass is 358 g/mol. The van der Waals surface area contributed by atoms with Crippen molar-refractivity contribution in [1.82, 2.24) is 10.0 Å².